The summed E-state index contributed by atoms with van der Waals surface area (Å²) in [5, 5.41) is 14.0. The second-order valence-corrected chi connectivity index (χ2v) is 8.16. The van der Waals surface area contributed by atoms with Crippen LogP contribution in [0, 0.1) is 19.7 Å². The lowest BCUT2D eigenvalue weighted by molar-refractivity contribution is 0.271. The van der Waals surface area contributed by atoms with Crippen molar-refractivity contribution in [2.45, 2.75) is 40.2 Å². The normalized spacial score (nSPS) is 11.0. The molecule has 4 aromatic rings. The van der Waals surface area contributed by atoms with Crippen LogP contribution in [0.15, 0.2) is 51.8 Å². The standard InChI is InChI=1S/C26H26FN3O5/c1-4-10-33-19-7-5-6-17(12-19)25-21(31)9-8-18(28-25)13-20-15(2)11-22(24(27)16(20)3)34-14-23-29-26(32)35-30-23/h5-9,11-12,31H,4,10,13-14H2,1-3H3,(H,29,30,32). The number of hydrogen-bond acceptors (Lipinski definition) is 7. The van der Waals surface area contributed by atoms with E-state index in [-0.39, 0.29) is 23.9 Å². The van der Waals surface area contributed by atoms with Crippen molar-refractivity contribution in [2.24, 2.45) is 0 Å². The molecule has 0 saturated heterocycles. The first-order chi connectivity index (χ1) is 16.9. The maximum absolute atomic E-state index is 15.1. The number of aromatic nitrogens is 3. The SMILES string of the molecule is CCCOc1cccc(-c2nc(Cc3c(C)cc(OCc4noc(=O)[nH]4)c(F)c3C)ccc2O)c1. The van der Waals surface area contributed by atoms with Crippen LogP contribution in [-0.4, -0.2) is 26.8 Å². The van der Waals surface area contributed by atoms with Crippen molar-refractivity contribution < 1.29 is 23.5 Å². The number of H-pyrrole nitrogens is 1. The van der Waals surface area contributed by atoms with Gasteiger partial charge in [0.05, 0.1) is 6.61 Å². The molecule has 0 radical (unpaired) electrons. The number of hydrogen-bond donors (Lipinski definition) is 2. The van der Waals surface area contributed by atoms with Crippen LogP contribution in [0.2, 0.25) is 0 Å². The molecule has 0 unspecified atom stereocenters. The zero-order valence-corrected chi connectivity index (χ0v) is 19.7. The van der Waals surface area contributed by atoms with Crippen molar-refractivity contribution >= 4 is 0 Å². The number of nitrogens with zero attached hydrogens (tertiary/aromatic N) is 2. The Kier molecular flexibility index (Phi) is 7.14. The molecule has 0 aliphatic heterocycles. The minimum Gasteiger partial charge on any atom is -0.506 e. The van der Waals surface area contributed by atoms with E-state index in [1.165, 1.54) is 0 Å². The van der Waals surface area contributed by atoms with Crippen molar-refractivity contribution in [1.82, 2.24) is 15.1 Å². The first-order valence-corrected chi connectivity index (χ1v) is 11.2. The zero-order chi connectivity index (χ0) is 24.9. The van der Waals surface area contributed by atoms with E-state index in [2.05, 4.69) is 19.6 Å². The molecule has 0 fully saturated rings. The molecular weight excluding hydrogens is 453 g/mol. The third kappa shape index (κ3) is 5.51. The van der Waals surface area contributed by atoms with Crippen molar-refractivity contribution in [2.75, 3.05) is 6.61 Å². The molecular formula is C26H26FN3O5. The average Bonchev–Trinajstić information content (AvgIpc) is 3.28. The fraction of sp³-hybridized carbons (Fsp3) is 0.269. The van der Waals surface area contributed by atoms with E-state index in [0.29, 0.717) is 35.7 Å². The van der Waals surface area contributed by atoms with Crippen LogP contribution in [0.25, 0.3) is 11.3 Å². The van der Waals surface area contributed by atoms with Crippen LogP contribution in [0.4, 0.5) is 4.39 Å². The van der Waals surface area contributed by atoms with E-state index >= 15 is 4.39 Å². The van der Waals surface area contributed by atoms with Gasteiger partial charge in [-0.2, -0.15) is 0 Å². The van der Waals surface area contributed by atoms with Gasteiger partial charge >= 0.3 is 5.76 Å². The highest BCUT2D eigenvalue weighted by molar-refractivity contribution is 5.67. The maximum atomic E-state index is 15.1. The van der Waals surface area contributed by atoms with Crippen LogP contribution >= 0.6 is 0 Å². The minimum absolute atomic E-state index is 0.0515. The number of halogens is 1. The number of pyridine rings is 1. The van der Waals surface area contributed by atoms with Crippen LogP contribution in [0.5, 0.6) is 17.2 Å². The maximum Gasteiger partial charge on any atom is 0.439 e. The minimum atomic E-state index is -0.701. The first kappa shape index (κ1) is 24.0. The molecule has 0 aliphatic rings. The molecule has 0 amide bonds. The number of benzene rings is 2. The fourth-order valence-corrected chi connectivity index (χ4v) is 3.74. The summed E-state index contributed by atoms with van der Waals surface area (Å²) in [5.41, 5.74) is 3.86. The molecule has 2 heterocycles. The molecule has 2 aromatic carbocycles. The average molecular weight is 480 g/mol. The Morgan fingerprint density at radius 2 is 1.97 bits per heavy atom. The summed E-state index contributed by atoms with van der Waals surface area (Å²) in [6, 6.07) is 12.3. The van der Waals surface area contributed by atoms with Crippen molar-refractivity contribution in [3.05, 3.63) is 87.0 Å². The van der Waals surface area contributed by atoms with Gasteiger partial charge in [0.15, 0.2) is 17.4 Å². The Labute approximate surface area is 201 Å². The van der Waals surface area contributed by atoms with Gasteiger partial charge in [-0.15, -0.1) is 0 Å². The molecule has 0 aliphatic carbocycles. The number of aryl methyl sites for hydroxylation is 1. The summed E-state index contributed by atoms with van der Waals surface area (Å²) in [5.74, 6) is -0.232. The van der Waals surface area contributed by atoms with Gasteiger partial charge in [-0.05, 0) is 67.3 Å². The lowest BCUT2D eigenvalue weighted by atomic mass is 9.97. The van der Waals surface area contributed by atoms with Crippen molar-refractivity contribution in [3.63, 3.8) is 0 Å². The summed E-state index contributed by atoms with van der Waals surface area (Å²) in [7, 11) is 0. The van der Waals surface area contributed by atoms with Crippen molar-refractivity contribution in [3.8, 4) is 28.5 Å². The molecule has 35 heavy (non-hydrogen) atoms. The number of ether oxygens (including phenoxy) is 2. The highest BCUT2D eigenvalue weighted by Gasteiger charge is 2.17. The highest BCUT2D eigenvalue weighted by atomic mass is 19.1. The van der Waals surface area contributed by atoms with E-state index in [0.717, 1.165) is 23.1 Å². The van der Waals surface area contributed by atoms with E-state index in [4.69, 9.17) is 9.47 Å². The van der Waals surface area contributed by atoms with Gasteiger partial charge in [-0.25, -0.2) is 14.2 Å². The van der Waals surface area contributed by atoms with E-state index in [1.807, 2.05) is 38.1 Å². The molecule has 2 N–H and O–H groups in total. The Balaban J connectivity index is 1.58. The number of nitrogens with one attached hydrogen (secondary N) is 1. The summed E-state index contributed by atoms with van der Waals surface area (Å²) >= 11 is 0. The van der Waals surface area contributed by atoms with Gasteiger partial charge in [0.25, 0.3) is 0 Å². The Morgan fingerprint density at radius 3 is 2.71 bits per heavy atom. The first-order valence-electron chi connectivity index (χ1n) is 11.2. The molecule has 0 spiro atoms. The Bertz CT molecular complexity index is 1400. The van der Waals surface area contributed by atoms with Crippen LogP contribution in [-0.2, 0) is 13.0 Å². The van der Waals surface area contributed by atoms with Crippen LogP contribution in [0.3, 0.4) is 0 Å². The van der Waals surface area contributed by atoms with E-state index < -0.39 is 11.6 Å². The largest absolute Gasteiger partial charge is 0.506 e. The van der Waals surface area contributed by atoms with Crippen molar-refractivity contribution in [1.29, 1.82) is 0 Å². The lowest BCUT2D eigenvalue weighted by Crippen LogP contribution is -2.06. The third-order valence-corrected chi connectivity index (χ3v) is 5.54. The van der Waals surface area contributed by atoms with Gasteiger partial charge in [0, 0.05) is 17.7 Å². The molecule has 182 valence electrons. The molecule has 8 nitrogen and oxygen atoms in total. The molecule has 0 saturated carbocycles. The fourth-order valence-electron chi connectivity index (χ4n) is 3.74. The Morgan fingerprint density at radius 1 is 1.14 bits per heavy atom. The molecule has 0 bridgehead atoms. The second-order valence-electron chi connectivity index (χ2n) is 8.16. The number of aromatic amines is 1. The second kappa shape index (κ2) is 10.4. The molecule has 9 heteroatoms. The monoisotopic (exact) mass is 479 g/mol. The molecule has 4 rings (SSSR count). The smallest absolute Gasteiger partial charge is 0.439 e. The number of rotatable bonds is 9. The quantitative estimate of drug-likeness (QED) is 0.353. The summed E-state index contributed by atoms with van der Waals surface area (Å²) < 4.78 is 30.7. The number of aromatic hydroxyl groups is 1. The Hall–Kier alpha value is -4.14. The van der Waals surface area contributed by atoms with E-state index in [9.17, 15) is 9.90 Å². The predicted molar refractivity (Wildman–Crippen MR) is 127 cm³/mol. The van der Waals surface area contributed by atoms with Gasteiger partial charge in [0.1, 0.15) is 23.8 Å². The molecule has 0 atom stereocenters. The van der Waals surface area contributed by atoms with E-state index in [1.54, 1.807) is 25.1 Å². The van der Waals surface area contributed by atoms with Gasteiger partial charge in [-0.3, -0.25) is 9.51 Å². The third-order valence-electron chi connectivity index (χ3n) is 5.54. The highest BCUT2D eigenvalue weighted by Crippen LogP contribution is 2.32. The summed E-state index contributed by atoms with van der Waals surface area (Å²) in [6.45, 7) is 6.04. The van der Waals surface area contributed by atoms with Gasteiger partial charge in [-0.1, -0.05) is 24.2 Å². The lowest BCUT2D eigenvalue weighted by Gasteiger charge is -2.15. The zero-order valence-electron chi connectivity index (χ0n) is 19.7. The summed E-state index contributed by atoms with van der Waals surface area (Å²) in [6.07, 6.45) is 1.26. The van der Waals surface area contributed by atoms with Gasteiger partial charge < -0.3 is 14.6 Å². The van der Waals surface area contributed by atoms with Crippen LogP contribution < -0.4 is 15.2 Å². The molecule has 2 aromatic heterocycles. The van der Waals surface area contributed by atoms with Gasteiger partial charge in [0.2, 0.25) is 0 Å². The summed E-state index contributed by atoms with van der Waals surface area (Å²) in [4.78, 5) is 18.1. The van der Waals surface area contributed by atoms with Crippen LogP contribution in [0.1, 0.15) is 41.6 Å². The predicted octanol–water partition coefficient (Wildman–Crippen LogP) is 4.85. The topological polar surface area (TPSA) is 110 Å².